The highest BCUT2D eigenvalue weighted by Crippen LogP contribution is 2.35. The average molecular weight is 554 g/mol. The largest absolute Gasteiger partial charge is 0.493 e. The number of nitrogens with zero attached hydrogens (tertiary/aromatic N) is 3. The number of ether oxygens (including phenoxy) is 3. The topological polar surface area (TPSA) is 68.7 Å². The zero-order valence-corrected chi connectivity index (χ0v) is 21.0. The minimum absolute atomic E-state index is 0.0276. The summed E-state index contributed by atoms with van der Waals surface area (Å²) in [7, 11) is 1.61. The fourth-order valence-corrected chi connectivity index (χ4v) is 4.03. The SMILES string of the molecule is COc1cc2c(Nc3ccc(Cl)c(Cl)c3)ncnc2cc1OCC1CN(CC=CBr)CCO1. The highest BCUT2D eigenvalue weighted by Gasteiger charge is 2.21. The van der Waals surface area contributed by atoms with Crippen LogP contribution in [0.2, 0.25) is 10.0 Å². The molecule has 10 heteroatoms. The van der Waals surface area contributed by atoms with Gasteiger partial charge in [-0.25, -0.2) is 9.97 Å². The van der Waals surface area contributed by atoms with Crippen LogP contribution >= 0.6 is 39.1 Å². The molecule has 0 spiro atoms. The number of nitrogens with one attached hydrogen (secondary N) is 1. The predicted octanol–water partition coefficient (Wildman–Crippen LogP) is 5.68. The molecule has 3 aromatic rings. The predicted molar refractivity (Wildman–Crippen MR) is 136 cm³/mol. The third kappa shape index (κ3) is 6.07. The van der Waals surface area contributed by atoms with Crippen LogP contribution in [0.5, 0.6) is 11.5 Å². The van der Waals surface area contributed by atoms with E-state index in [0.717, 1.165) is 36.2 Å². The summed E-state index contributed by atoms with van der Waals surface area (Å²) in [6, 6.07) is 9.02. The summed E-state index contributed by atoms with van der Waals surface area (Å²) < 4.78 is 17.6. The van der Waals surface area contributed by atoms with E-state index in [1.54, 1.807) is 19.2 Å². The second kappa shape index (κ2) is 11.4. The van der Waals surface area contributed by atoms with Crippen LogP contribution in [0.1, 0.15) is 0 Å². The van der Waals surface area contributed by atoms with Crippen molar-refractivity contribution in [1.82, 2.24) is 14.9 Å². The van der Waals surface area contributed by atoms with E-state index in [2.05, 4.69) is 42.2 Å². The Balaban J connectivity index is 1.52. The first kappa shape index (κ1) is 24.0. The second-order valence-electron chi connectivity index (χ2n) is 7.42. The first-order valence-corrected chi connectivity index (χ1v) is 12.0. The van der Waals surface area contributed by atoms with Crippen molar-refractivity contribution in [3.8, 4) is 11.5 Å². The molecule has 1 atom stereocenters. The van der Waals surface area contributed by atoms with Crippen molar-refractivity contribution in [3.05, 3.63) is 57.8 Å². The molecule has 1 unspecified atom stereocenters. The Kier molecular flexibility index (Phi) is 8.27. The molecule has 7 nitrogen and oxygen atoms in total. The van der Waals surface area contributed by atoms with Crippen LogP contribution in [0.25, 0.3) is 10.9 Å². The van der Waals surface area contributed by atoms with Crippen LogP contribution in [-0.4, -0.2) is 60.9 Å². The van der Waals surface area contributed by atoms with Gasteiger partial charge in [-0.1, -0.05) is 45.2 Å². The van der Waals surface area contributed by atoms with E-state index in [0.29, 0.717) is 40.6 Å². The number of rotatable bonds is 8. The average Bonchev–Trinajstić information content (AvgIpc) is 2.83. The van der Waals surface area contributed by atoms with Crippen molar-refractivity contribution in [1.29, 1.82) is 0 Å². The van der Waals surface area contributed by atoms with Crippen molar-refractivity contribution in [2.45, 2.75) is 6.10 Å². The Labute approximate surface area is 210 Å². The number of hydrogen-bond acceptors (Lipinski definition) is 7. The number of halogens is 3. The van der Waals surface area contributed by atoms with Gasteiger partial charge in [-0.05, 0) is 29.3 Å². The third-order valence-electron chi connectivity index (χ3n) is 5.20. The van der Waals surface area contributed by atoms with Gasteiger partial charge < -0.3 is 19.5 Å². The molecule has 1 aromatic heterocycles. The molecule has 33 heavy (non-hydrogen) atoms. The summed E-state index contributed by atoms with van der Waals surface area (Å²) in [5.74, 6) is 1.81. The normalized spacial score (nSPS) is 16.9. The molecular weight excluding hydrogens is 531 g/mol. The lowest BCUT2D eigenvalue weighted by molar-refractivity contribution is -0.0448. The van der Waals surface area contributed by atoms with E-state index < -0.39 is 0 Å². The maximum Gasteiger partial charge on any atom is 0.163 e. The van der Waals surface area contributed by atoms with Crippen LogP contribution in [0.3, 0.4) is 0 Å². The summed E-state index contributed by atoms with van der Waals surface area (Å²) in [6.07, 6.45) is 3.54. The second-order valence-corrected chi connectivity index (χ2v) is 8.76. The van der Waals surface area contributed by atoms with Crippen molar-refractivity contribution in [2.75, 3.05) is 45.3 Å². The van der Waals surface area contributed by atoms with Crippen molar-refractivity contribution in [2.24, 2.45) is 0 Å². The number of morpholine rings is 1. The van der Waals surface area contributed by atoms with E-state index in [9.17, 15) is 0 Å². The van der Waals surface area contributed by atoms with Crippen molar-refractivity contribution < 1.29 is 14.2 Å². The van der Waals surface area contributed by atoms with Crippen LogP contribution in [0.15, 0.2) is 47.7 Å². The molecule has 2 aromatic carbocycles. The lowest BCUT2D eigenvalue weighted by Gasteiger charge is -2.32. The Morgan fingerprint density at radius 2 is 2.09 bits per heavy atom. The Morgan fingerprint density at radius 1 is 1.21 bits per heavy atom. The first-order chi connectivity index (χ1) is 16.1. The standard InChI is InChI=1S/C23H23BrCl2N4O3/c1-31-21-10-17-20(27-14-28-23(17)29-15-3-4-18(25)19(26)9-15)11-22(21)33-13-16-12-30(6-2-5-24)7-8-32-16/h2-5,9-11,14,16H,6-8,12-13H2,1H3,(H,27,28,29). The number of fused-ring (bicyclic) bond motifs is 1. The highest BCUT2D eigenvalue weighted by atomic mass is 79.9. The summed E-state index contributed by atoms with van der Waals surface area (Å²) in [6.45, 7) is 3.66. The zero-order valence-electron chi connectivity index (χ0n) is 17.9. The molecule has 1 fully saturated rings. The molecule has 1 aliphatic heterocycles. The van der Waals surface area contributed by atoms with E-state index in [1.807, 2.05) is 23.2 Å². The van der Waals surface area contributed by atoms with Gasteiger partial charge in [0.15, 0.2) is 11.5 Å². The summed E-state index contributed by atoms with van der Waals surface area (Å²) in [5.41, 5.74) is 1.48. The van der Waals surface area contributed by atoms with Gasteiger partial charge in [0.1, 0.15) is 24.9 Å². The molecule has 2 heterocycles. The molecule has 0 saturated carbocycles. The first-order valence-electron chi connectivity index (χ1n) is 10.3. The van der Waals surface area contributed by atoms with Crippen molar-refractivity contribution in [3.63, 3.8) is 0 Å². The number of anilines is 2. The minimum atomic E-state index is -0.0276. The smallest absolute Gasteiger partial charge is 0.163 e. The fraction of sp³-hybridized carbons (Fsp3) is 0.304. The third-order valence-corrected chi connectivity index (χ3v) is 6.32. The zero-order chi connectivity index (χ0) is 23.2. The number of aromatic nitrogens is 2. The molecule has 0 aliphatic carbocycles. The fourth-order valence-electron chi connectivity index (χ4n) is 3.57. The lowest BCUT2D eigenvalue weighted by Crippen LogP contribution is -2.44. The molecule has 0 amide bonds. The summed E-state index contributed by atoms with van der Waals surface area (Å²) in [5, 5.41) is 5.00. The van der Waals surface area contributed by atoms with Crippen LogP contribution in [0, 0.1) is 0 Å². The summed E-state index contributed by atoms with van der Waals surface area (Å²) in [4.78, 5) is 13.0. The Hall–Kier alpha value is -2.10. The van der Waals surface area contributed by atoms with Gasteiger partial charge in [-0.2, -0.15) is 0 Å². The van der Waals surface area contributed by atoms with E-state index in [1.165, 1.54) is 6.33 Å². The number of benzene rings is 2. The Bertz CT molecular complexity index is 1150. The van der Waals surface area contributed by atoms with Crippen LogP contribution < -0.4 is 14.8 Å². The van der Waals surface area contributed by atoms with E-state index in [-0.39, 0.29) is 6.10 Å². The van der Waals surface area contributed by atoms with E-state index >= 15 is 0 Å². The molecule has 4 rings (SSSR count). The molecule has 0 bridgehead atoms. The monoisotopic (exact) mass is 552 g/mol. The minimum Gasteiger partial charge on any atom is -0.493 e. The molecular formula is C23H23BrCl2N4O3. The molecule has 1 saturated heterocycles. The number of hydrogen-bond donors (Lipinski definition) is 1. The van der Waals surface area contributed by atoms with Gasteiger partial charge >= 0.3 is 0 Å². The highest BCUT2D eigenvalue weighted by molar-refractivity contribution is 9.11. The molecule has 1 aliphatic rings. The van der Waals surface area contributed by atoms with Gasteiger partial charge in [-0.3, -0.25) is 4.90 Å². The maximum atomic E-state index is 6.14. The maximum absolute atomic E-state index is 6.14. The van der Waals surface area contributed by atoms with E-state index in [4.69, 9.17) is 37.4 Å². The Morgan fingerprint density at radius 3 is 2.88 bits per heavy atom. The quantitative estimate of drug-likeness (QED) is 0.385. The van der Waals surface area contributed by atoms with Gasteiger partial charge in [0.2, 0.25) is 0 Å². The van der Waals surface area contributed by atoms with Gasteiger partial charge in [0, 0.05) is 36.8 Å². The molecule has 174 valence electrons. The van der Waals surface area contributed by atoms with Gasteiger partial charge in [-0.15, -0.1) is 0 Å². The van der Waals surface area contributed by atoms with Gasteiger partial charge in [0.25, 0.3) is 0 Å². The van der Waals surface area contributed by atoms with Crippen molar-refractivity contribution >= 4 is 61.5 Å². The lowest BCUT2D eigenvalue weighted by atomic mass is 10.2. The number of methoxy groups -OCH3 is 1. The molecule has 1 N–H and O–H groups in total. The van der Waals surface area contributed by atoms with Crippen LogP contribution in [-0.2, 0) is 4.74 Å². The summed E-state index contributed by atoms with van der Waals surface area (Å²) >= 11 is 15.5. The molecule has 0 radical (unpaired) electrons. The van der Waals surface area contributed by atoms with Gasteiger partial charge in [0.05, 0.1) is 29.3 Å². The van der Waals surface area contributed by atoms with Crippen LogP contribution in [0.4, 0.5) is 11.5 Å².